The maximum absolute atomic E-state index is 12.6. The van der Waals surface area contributed by atoms with Gasteiger partial charge in [-0.1, -0.05) is 12.1 Å². The van der Waals surface area contributed by atoms with Crippen LogP contribution < -0.4 is 5.32 Å². The highest BCUT2D eigenvalue weighted by Gasteiger charge is 2.17. The minimum atomic E-state index is -0.506. The summed E-state index contributed by atoms with van der Waals surface area (Å²) in [6.07, 6.45) is 5.27. The highest BCUT2D eigenvalue weighted by molar-refractivity contribution is 6.11. The third-order valence-electron chi connectivity index (χ3n) is 4.08. The van der Waals surface area contributed by atoms with E-state index >= 15 is 0 Å². The van der Waals surface area contributed by atoms with Crippen LogP contribution in [0.1, 0.15) is 16.1 Å². The summed E-state index contributed by atoms with van der Waals surface area (Å²) in [5.74, 6) is -0.443. The van der Waals surface area contributed by atoms with Crippen molar-refractivity contribution in [3.63, 3.8) is 0 Å². The van der Waals surface area contributed by atoms with E-state index in [-0.39, 0.29) is 11.4 Å². The van der Waals surface area contributed by atoms with E-state index in [0.717, 1.165) is 5.56 Å². The molecule has 134 valence electrons. The number of imidazole rings is 1. The second kappa shape index (κ2) is 6.71. The Labute approximate surface area is 152 Å². The van der Waals surface area contributed by atoms with Gasteiger partial charge in [-0.15, -0.1) is 0 Å². The Kier molecular flexibility index (Phi) is 4.09. The third kappa shape index (κ3) is 3.38. The number of carbonyl (C=O) groups is 1. The molecule has 0 saturated heterocycles. The van der Waals surface area contributed by atoms with Crippen LogP contribution in [-0.4, -0.2) is 30.6 Å². The number of aromatic nitrogens is 4. The van der Waals surface area contributed by atoms with Gasteiger partial charge < -0.3 is 9.88 Å². The lowest BCUT2D eigenvalue weighted by atomic mass is 10.1. The summed E-state index contributed by atoms with van der Waals surface area (Å²) >= 11 is 0. The lowest BCUT2D eigenvalue weighted by Crippen LogP contribution is -2.13. The summed E-state index contributed by atoms with van der Waals surface area (Å²) in [7, 11) is 0. The highest BCUT2D eigenvalue weighted by Crippen LogP contribution is 2.23. The zero-order chi connectivity index (χ0) is 18.8. The van der Waals surface area contributed by atoms with Gasteiger partial charge in [-0.2, -0.15) is 5.10 Å². The number of anilines is 1. The van der Waals surface area contributed by atoms with Gasteiger partial charge >= 0.3 is 0 Å². The number of H-pyrrole nitrogens is 1. The number of carbonyl (C=O) groups excluding carboxylic acids is 1. The van der Waals surface area contributed by atoms with Crippen LogP contribution in [0.5, 0.6) is 0 Å². The normalized spacial score (nSPS) is 10.8. The molecule has 0 aliphatic heterocycles. The van der Waals surface area contributed by atoms with E-state index in [4.69, 9.17) is 0 Å². The fraction of sp³-hybridized carbons (Fsp3) is 0.0556. The summed E-state index contributed by atoms with van der Waals surface area (Å²) in [5.41, 5.74) is 2.17. The second-order valence-corrected chi connectivity index (χ2v) is 5.95. The Morgan fingerprint density at radius 2 is 2.15 bits per heavy atom. The quantitative estimate of drug-likeness (QED) is 0.418. The Morgan fingerprint density at radius 1 is 1.26 bits per heavy atom. The van der Waals surface area contributed by atoms with Gasteiger partial charge in [0.1, 0.15) is 0 Å². The van der Waals surface area contributed by atoms with Gasteiger partial charge in [0, 0.05) is 42.1 Å². The molecule has 1 amide bonds. The lowest BCUT2D eigenvalue weighted by Gasteiger charge is -2.07. The van der Waals surface area contributed by atoms with Crippen molar-refractivity contribution >= 4 is 28.2 Å². The topological polar surface area (TPSA) is 119 Å². The van der Waals surface area contributed by atoms with E-state index in [1.54, 1.807) is 18.6 Å². The second-order valence-electron chi connectivity index (χ2n) is 5.95. The molecule has 2 aromatic carbocycles. The summed E-state index contributed by atoms with van der Waals surface area (Å²) in [6, 6.07) is 11.6. The number of hydrogen-bond acceptors (Lipinski definition) is 5. The first-order valence-corrected chi connectivity index (χ1v) is 8.09. The molecule has 2 heterocycles. The fourth-order valence-corrected chi connectivity index (χ4v) is 2.82. The number of fused-ring (bicyclic) bond motifs is 1. The Morgan fingerprint density at radius 3 is 2.93 bits per heavy atom. The Balaban J connectivity index is 1.58. The zero-order valence-corrected chi connectivity index (χ0v) is 14.0. The number of hydrogen-bond donors (Lipinski definition) is 2. The van der Waals surface area contributed by atoms with E-state index < -0.39 is 10.8 Å². The van der Waals surface area contributed by atoms with E-state index in [0.29, 0.717) is 23.1 Å². The molecule has 27 heavy (non-hydrogen) atoms. The molecule has 0 radical (unpaired) electrons. The molecule has 0 saturated carbocycles. The molecule has 0 unspecified atom stereocenters. The first-order chi connectivity index (χ1) is 13.1. The number of benzene rings is 2. The molecule has 9 heteroatoms. The van der Waals surface area contributed by atoms with Crippen molar-refractivity contribution in [1.29, 1.82) is 0 Å². The molecule has 4 rings (SSSR count). The number of nitro benzene ring substituents is 1. The molecule has 2 N–H and O–H groups in total. The molecule has 4 aromatic rings. The van der Waals surface area contributed by atoms with Crippen molar-refractivity contribution in [2.45, 2.75) is 6.54 Å². The lowest BCUT2D eigenvalue weighted by molar-refractivity contribution is -0.384. The monoisotopic (exact) mass is 362 g/mol. The van der Waals surface area contributed by atoms with Crippen molar-refractivity contribution in [3.8, 4) is 0 Å². The van der Waals surface area contributed by atoms with Crippen LogP contribution in [0.15, 0.2) is 61.2 Å². The molecule has 0 aliphatic rings. The third-order valence-corrected chi connectivity index (χ3v) is 4.08. The van der Waals surface area contributed by atoms with Crippen molar-refractivity contribution in [2.75, 3.05) is 5.32 Å². The van der Waals surface area contributed by atoms with Crippen molar-refractivity contribution in [2.24, 2.45) is 0 Å². The SMILES string of the molecule is O=C(Nc1cccc(Cn2ccnc2)c1)c1n[nH]c2ccc([N+](=O)[O-])cc12. The largest absolute Gasteiger partial charge is 0.333 e. The highest BCUT2D eigenvalue weighted by atomic mass is 16.6. The average molecular weight is 362 g/mol. The van der Waals surface area contributed by atoms with E-state index in [2.05, 4.69) is 20.5 Å². The van der Waals surface area contributed by atoms with Crippen LogP contribution >= 0.6 is 0 Å². The standard InChI is InChI=1S/C18H14N6O3/c25-18(17-15-9-14(24(26)27)4-5-16(15)21-22-17)20-13-3-1-2-12(8-13)10-23-7-6-19-11-23/h1-9,11H,10H2,(H,20,25)(H,21,22). The predicted octanol–water partition coefficient (Wildman–Crippen LogP) is 2.97. The van der Waals surface area contributed by atoms with Gasteiger partial charge in [0.25, 0.3) is 11.6 Å². The van der Waals surface area contributed by atoms with E-state index in [9.17, 15) is 14.9 Å². The van der Waals surface area contributed by atoms with Crippen LogP contribution in [0.4, 0.5) is 11.4 Å². The van der Waals surface area contributed by atoms with Crippen LogP contribution in [0.25, 0.3) is 10.9 Å². The number of rotatable bonds is 5. The molecular weight excluding hydrogens is 348 g/mol. The number of aromatic amines is 1. The minimum Gasteiger partial charge on any atom is -0.333 e. The van der Waals surface area contributed by atoms with Crippen LogP contribution in [0.2, 0.25) is 0 Å². The van der Waals surface area contributed by atoms with Gasteiger partial charge in [0.15, 0.2) is 5.69 Å². The summed E-state index contributed by atoms with van der Waals surface area (Å²) < 4.78 is 1.92. The van der Waals surface area contributed by atoms with Gasteiger partial charge in [0.05, 0.1) is 16.8 Å². The number of nitro groups is 1. The van der Waals surface area contributed by atoms with Gasteiger partial charge in [-0.3, -0.25) is 20.0 Å². The van der Waals surface area contributed by atoms with Gasteiger partial charge in [0.2, 0.25) is 0 Å². The van der Waals surface area contributed by atoms with Gasteiger partial charge in [-0.05, 0) is 23.8 Å². The minimum absolute atomic E-state index is 0.0970. The van der Waals surface area contributed by atoms with Crippen molar-refractivity contribution in [3.05, 3.63) is 82.6 Å². The molecule has 9 nitrogen and oxygen atoms in total. The maximum Gasteiger partial charge on any atom is 0.276 e. The summed E-state index contributed by atoms with van der Waals surface area (Å²) in [6.45, 7) is 0.626. The molecule has 0 fully saturated rings. The molecule has 0 aliphatic carbocycles. The molecule has 0 bridgehead atoms. The molecule has 0 spiro atoms. The maximum atomic E-state index is 12.6. The van der Waals surface area contributed by atoms with Crippen molar-refractivity contribution in [1.82, 2.24) is 19.7 Å². The number of amides is 1. The molecule has 0 atom stereocenters. The smallest absolute Gasteiger partial charge is 0.276 e. The first kappa shape index (κ1) is 16.5. The number of nitrogens with one attached hydrogen (secondary N) is 2. The van der Waals surface area contributed by atoms with E-state index in [1.807, 2.05) is 29.0 Å². The van der Waals surface area contributed by atoms with Crippen LogP contribution in [-0.2, 0) is 6.54 Å². The van der Waals surface area contributed by atoms with Gasteiger partial charge in [-0.25, -0.2) is 4.98 Å². The predicted molar refractivity (Wildman–Crippen MR) is 98.5 cm³/mol. The molecule has 2 aromatic heterocycles. The average Bonchev–Trinajstić information content (AvgIpc) is 3.30. The number of non-ortho nitro benzene ring substituents is 1. The van der Waals surface area contributed by atoms with Crippen LogP contribution in [0, 0.1) is 10.1 Å². The summed E-state index contributed by atoms with van der Waals surface area (Å²) in [4.78, 5) is 27.1. The Bertz CT molecular complexity index is 1130. The number of nitrogens with zero attached hydrogens (tertiary/aromatic N) is 4. The van der Waals surface area contributed by atoms with Crippen LogP contribution in [0.3, 0.4) is 0 Å². The zero-order valence-electron chi connectivity index (χ0n) is 14.0. The molecular formula is C18H14N6O3. The summed E-state index contributed by atoms with van der Waals surface area (Å²) in [5, 5.41) is 20.9. The fourth-order valence-electron chi connectivity index (χ4n) is 2.82. The first-order valence-electron chi connectivity index (χ1n) is 8.09. The van der Waals surface area contributed by atoms with E-state index in [1.165, 1.54) is 18.2 Å². The Hall–Kier alpha value is -4.01. The van der Waals surface area contributed by atoms with Crippen molar-refractivity contribution < 1.29 is 9.72 Å².